The minimum absolute atomic E-state index is 0.0265. The summed E-state index contributed by atoms with van der Waals surface area (Å²) >= 11 is 3.23. The maximum absolute atomic E-state index is 12.1. The number of anilines is 1. The molecule has 21 heavy (non-hydrogen) atoms. The van der Waals surface area contributed by atoms with E-state index in [-0.39, 0.29) is 22.8 Å². The number of methoxy groups -OCH3 is 1. The Balaban J connectivity index is 2.08. The third kappa shape index (κ3) is 3.97. The van der Waals surface area contributed by atoms with Gasteiger partial charge in [-0.05, 0) is 53.4 Å². The van der Waals surface area contributed by atoms with Crippen molar-refractivity contribution in [2.45, 2.75) is 36.2 Å². The second kappa shape index (κ2) is 6.24. The zero-order valence-electron chi connectivity index (χ0n) is 11.4. The smallest absolute Gasteiger partial charge is 0.261 e. The Labute approximate surface area is 136 Å². The van der Waals surface area contributed by atoms with Gasteiger partial charge in [0.25, 0.3) is 9.05 Å². The lowest BCUT2D eigenvalue weighted by Gasteiger charge is -2.39. The van der Waals surface area contributed by atoms with Crippen LogP contribution < -0.4 is 5.32 Å². The Bertz CT molecular complexity index is 653. The molecule has 1 aromatic carbocycles. The molecule has 0 spiro atoms. The van der Waals surface area contributed by atoms with Crippen molar-refractivity contribution in [2.75, 3.05) is 12.4 Å². The van der Waals surface area contributed by atoms with Gasteiger partial charge in [-0.15, -0.1) is 0 Å². The molecule has 8 heteroatoms. The van der Waals surface area contributed by atoms with E-state index in [0.29, 0.717) is 10.2 Å². The van der Waals surface area contributed by atoms with Crippen molar-refractivity contribution in [2.24, 2.45) is 0 Å². The van der Waals surface area contributed by atoms with Gasteiger partial charge >= 0.3 is 0 Å². The maximum atomic E-state index is 12.1. The van der Waals surface area contributed by atoms with E-state index in [1.54, 1.807) is 7.11 Å². The SMILES string of the molecule is COC1(CC(=O)Nc2ccc(S(=O)(=O)Cl)cc2Br)CCC1. The molecule has 1 aliphatic rings. The van der Waals surface area contributed by atoms with Gasteiger partial charge in [0, 0.05) is 22.3 Å². The van der Waals surface area contributed by atoms with Crippen molar-refractivity contribution in [3.8, 4) is 0 Å². The van der Waals surface area contributed by atoms with Crippen LogP contribution in [0.25, 0.3) is 0 Å². The Morgan fingerprint density at radius 1 is 1.48 bits per heavy atom. The van der Waals surface area contributed by atoms with Gasteiger partial charge in [-0.2, -0.15) is 0 Å². The third-order valence-corrected chi connectivity index (χ3v) is 5.68. The third-order valence-electron chi connectivity index (χ3n) is 3.68. The average molecular weight is 397 g/mol. The Morgan fingerprint density at radius 3 is 2.57 bits per heavy atom. The topological polar surface area (TPSA) is 72.5 Å². The second-order valence-electron chi connectivity index (χ2n) is 5.05. The van der Waals surface area contributed by atoms with Crippen LogP contribution in [0, 0.1) is 0 Å². The van der Waals surface area contributed by atoms with Gasteiger partial charge < -0.3 is 10.1 Å². The standard InChI is InChI=1S/C13H15BrClNO4S/c1-20-13(5-2-6-13)8-12(17)16-11-4-3-9(7-10(11)14)21(15,18)19/h3-4,7H,2,5-6,8H2,1H3,(H,16,17). The lowest BCUT2D eigenvalue weighted by molar-refractivity contribution is -0.129. The number of ether oxygens (including phenoxy) is 1. The molecule has 5 nitrogen and oxygen atoms in total. The highest BCUT2D eigenvalue weighted by atomic mass is 79.9. The van der Waals surface area contributed by atoms with Gasteiger partial charge in [-0.25, -0.2) is 8.42 Å². The number of carbonyl (C=O) groups excluding carboxylic acids is 1. The van der Waals surface area contributed by atoms with E-state index in [0.717, 1.165) is 19.3 Å². The van der Waals surface area contributed by atoms with E-state index in [9.17, 15) is 13.2 Å². The molecule has 0 radical (unpaired) electrons. The molecule has 0 heterocycles. The molecule has 0 unspecified atom stereocenters. The number of nitrogens with one attached hydrogen (secondary N) is 1. The second-order valence-corrected chi connectivity index (χ2v) is 8.47. The van der Waals surface area contributed by atoms with Crippen molar-refractivity contribution in [3.63, 3.8) is 0 Å². The zero-order valence-corrected chi connectivity index (χ0v) is 14.5. The molecule has 2 rings (SSSR count). The van der Waals surface area contributed by atoms with Gasteiger partial charge in [0.1, 0.15) is 0 Å². The number of rotatable bonds is 5. The molecule has 0 saturated heterocycles. The average Bonchev–Trinajstić information content (AvgIpc) is 2.35. The first-order valence-electron chi connectivity index (χ1n) is 6.35. The summed E-state index contributed by atoms with van der Waals surface area (Å²) in [5, 5.41) is 2.74. The van der Waals surface area contributed by atoms with E-state index in [4.69, 9.17) is 15.4 Å². The summed E-state index contributed by atoms with van der Waals surface area (Å²) in [6, 6.07) is 4.20. The van der Waals surface area contributed by atoms with E-state index < -0.39 is 9.05 Å². The minimum Gasteiger partial charge on any atom is -0.378 e. The first-order valence-corrected chi connectivity index (χ1v) is 9.45. The normalized spacial score (nSPS) is 17.1. The predicted octanol–water partition coefficient (Wildman–Crippen LogP) is 3.27. The van der Waals surface area contributed by atoms with Gasteiger partial charge in [-0.1, -0.05) is 0 Å². The fourth-order valence-corrected chi connectivity index (χ4v) is 3.67. The number of halogens is 2. The summed E-state index contributed by atoms with van der Waals surface area (Å²) in [5.74, 6) is -0.168. The lowest BCUT2D eigenvalue weighted by Crippen LogP contribution is -2.42. The molecule has 1 N–H and O–H groups in total. The Hall–Kier alpha value is -0.630. The summed E-state index contributed by atoms with van der Waals surface area (Å²) < 4.78 is 28.3. The van der Waals surface area contributed by atoms with Gasteiger partial charge in [0.05, 0.1) is 22.6 Å². The summed E-state index contributed by atoms with van der Waals surface area (Å²) in [5.41, 5.74) is 0.144. The van der Waals surface area contributed by atoms with Crippen LogP contribution in [0.4, 0.5) is 5.69 Å². The van der Waals surface area contributed by atoms with Crippen LogP contribution in [-0.2, 0) is 18.6 Å². The van der Waals surface area contributed by atoms with Crippen molar-refractivity contribution in [3.05, 3.63) is 22.7 Å². The molecule has 1 amide bonds. The first-order chi connectivity index (χ1) is 9.76. The van der Waals surface area contributed by atoms with Crippen LogP contribution in [0.15, 0.2) is 27.6 Å². The van der Waals surface area contributed by atoms with E-state index in [1.165, 1.54) is 18.2 Å². The molecule has 1 aliphatic carbocycles. The Morgan fingerprint density at radius 2 is 2.14 bits per heavy atom. The molecular weight excluding hydrogens is 382 g/mol. The number of hydrogen-bond donors (Lipinski definition) is 1. The first kappa shape index (κ1) is 16.7. The van der Waals surface area contributed by atoms with Crippen LogP contribution >= 0.6 is 26.6 Å². The monoisotopic (exact) mass is 395 g/mol. The number of hydrogen-bond acceptors (Lipinski definition) is 4. The van der Waals surface area contributed by atoms with Crippen LogP contribution in [-0.4, -0.2) is 27.0 Å². The van der Waals surface area contributed by atoms with Crippen LogP contribution in [0.1, 0.15) is 25.7 Å². The van der Waals surface area contributed by atoms with Crippen molar-refractivity contribution >= 4 is 47.3 Å². The summed E-state index contributed by atoms with van der Waals surface area (Å²) in [6.45, 7) is 0. The highest BCUT2D eigenvalue weighted by molar-refractivity contribution is 9.10. The minimum atomic E-state index is -3.79. The molecule has 0 atom stereocenters. The quantitative estimate of drug-likeness (QED) is 0.775. The van der Waals surface area contributed by atoms with Crippen LogP contribution in [0.2, 0.25) is 0 Å². The molecule has 1 aromatic rings. The fraction of sp³-hybridized carbons (Fsp3) is 0.462. The molecular formula is C13H15BrClNO4S. The van der Waals surface area contributed by atoms with Gasteiger partial charge in [0.15, 0.2) is 0 Å². The summed E-state index contributed by atoms with van der Waals surface area (Å²) in [7, 11) is 3.09. The molecule has 0 aliphatic heterocycles. The number of carbonyl (C=O) groups is 1. The largest absolute Gasteiger partial charge is 0.378 e. The zero-order chi connectivity index (χ0) is 15.7. The molecule has 1 fully saturated rings. The number of benzene rings is 1. The Kier molecular flexibility index (Phi) is 4.97. The van der Waals surface area contributed by atoms with Crippen molar-refractivity contribution < 1.29 is 17.9 Å². The predicted molar refractivity (Wildman–Crippen MR) is 84.0 cm³/mol. The van der Waals surface area contributed by atoms with Crippen molar-refractivity contribution in [1.29, 1.82) is 0 Å². The van der Waals surface area contributed by atoms with Crippen molar-refractivity contribution in [1.82, 2.24) is 0 Å². The highest BCUT2D eigenvalue weighted by Gasteiger charge is 2.39. The van der Waals surface area contributed by atoms with Gasteiger partial charge in [-0.3, -0.25) is 4.79 Å². The lowest BCUT2D eigenvalue weighted by atomic mass is 9.77. The molecule has 116 valence electrons. The van der Waals surface area contributed by atoms with E-state index in [2.05, 4.69) is 21.2 Å². The van der Waals surface area contributed by atoms with Crippen LogP contribution in [0.3, 0.4) is 0 Å². The van der Waals surface area contributed by atoms with E-state index in [1.807, 2.05) is 0 Å². The van der Waals surface area contributed by atoms with Gasteiger partial charge in [0.2, 0.25) is 5.91 Å². The molecule has 0 bridgehead atoms. The fourth-order valence-electron chi connectivity index (χ4n) is 2.26. The van der Waals surface area contributed by atoms with Crippen LogP contribution in [0.5, 0.6) is 0 Å². The number of amides is 1. The summed E-state index contributed by atoms with van der Waals surface area (Å²) in [6.07, 6.45) is 3.10. The summed E-state index contributed by atoms with van der Waals surface area (Å²) in [4.78, 5) is 12.0. The molecule has 1 saturated carbocycles. The highest BCUT2D eigenvalue weighted by Crippen LogP contribution is 2.38. The molecule has 0 aromatic heterocycles. The van der Waals surface area contributed by atoms with E-state index >= 15 is 0 Å². The maximum Gasteiger partial charge on any atom is 0.261 e.